The third kappa shape index (κ3) is 3.14. The second-order valence-corrected chi connectivity index (χ2v) is 10.1. The summed E-state index contributed by atoms with van der Waals surface area (Å²) in [6.45, 7) is 9.34. The molecule has 0 saturated carbocycles. The van der Waals surface area contributed by atoms with Crippen molar-refractivity contribution < 1.29 is 24.2 Å². The van der Waals surface area contributed by atoms with E-state index in [4.69, 9.17) is 4.74 Å². The van der Waals surface area contributed by atoms with Crippen LogP contribution in [0.1, 0.15) is 44.7 Å². The van der Waals surface area contributed by atoms with Crippen LogP contribution in [0.5, 0.6) is 0 Å². The maximum Gasteiger partial charge on any atom is 0.250 e. The molecule has 8 heteroatoms. The predicted octanol–water partition coefficient (Wildman–Crippen LogP) is 1.77. The van der Waals surface area contributed by atoms with Crippen LogP contribution in [0.4, 0.5) is 5.69 Å². The van der Waals surface area contributed by atoms with Gasteiger partial charge in [0.1, 0.15) is 11.6 Å². The second kappa shape index (κ2) is 8.09. The van der Waals surface area contributed by atoms with E-state index in [2.05, 4.69) is 10.6 Å². The Bertz CT molecular complexity index is 972. The maximum absolute atomic E-state index is 13.9. The van der Waals surface area contributed by atoms with E-state index in [1.807, 2.05) is 52.8 Å². The largest absolute Gasteiger partial charge is 0.394 e. The first-order valence-electron chi connectivity index (χ1n) is 11.8. The minimum absolute atomic E-state index is 0.0199. The fourth-order valence-corrected chi connectivity index (χ4v) is 6.54. The van der Waals surface area contributed by atoms with E-state index in [9.17, 15) is 19.5 Å². The smallest absolute Gasteiger partial charge is 0.250 e. The summed E-state index contributed by atoms with van der Waals surface area (Å²) in [6.07, 6.45) is 0.978. The third-order valence-electron chi connectivity index (χ3n) is 8.33. The molecule has 7 atom stereocenters. The number of anilines is 1. The molecule has 2 bridgehead atoms. The SMILES string of the molecule is CC[C@@H](CO)N1C(=O)[C@@H]2[C@@H](C(=O)NC)[C@]3(C)OC2(CC3C)C1C(=O)Nc1c(C)cccc1C. The van der Waals surface area contributed by atoms with Gasteiger partial charge in [0.05, 0.1) is 30.1 Å². The van der Waals surface area contributed by atoms with E-state index >= 15 is 0 Å². The van der Waals surface area contributed by atoms with Crippen molar-refractivity contribution >= 4 is 23.4 Å². The summed E-state index contributed by atoms with van der Waals surface area (Å²) in [7, 11) is 1.56. The van der Waals surface area contributed by atoms with Gasteiger partial charge in [-0.2, -0.15) is 0 Å². The highest BCUT2D eigenvalue weighted by Crippen LogP contribution is 2.65. The van der Waals surface area contributed by atoms with E-state index in [1.165, 1.54) is 4.90 Å². The fraction of sp³-hybridized carbons (Fsp3) is 0.640. The highest BCUT2D eigenvalue weighted by molar-refractivity contribution is 6.04. The number of hydrogen-bond acceptors (Lipinski definition) is 5. The Morgan fingerprint density at radius 3 is 2.45 bits per heavy atom. The number of rotatable bonds is 6. The third-order valence-corrected chi connectivity index (χ3v) is 8.33. The number of nitrogens with zero attached hydrogens (tertiary/aromatic N) is 1. The highest BCUT2D eigenvalue weighted by Gasteiger charge is 2.80. The lowest BCUT2D eigenvalue weighted by Crippen LogP contribution is -2.56. The van der Waals surface area contributed by atoms with E-state index in [1.54, 1.807) is 7.05 Å². The quantitative estimate of drug-likeness (QED) is 0.603. The van der Waals surface area contributed by atoms with E-state index in [-0.39, 0.29) is 30.2 Å². The topological polar surface area (TPSA) is 108 Å². The molecule has 1 spiro atoms. The van der Waals surface area contributed by atoms with Gasteiger partial charge >= 0.3 is 0 Å². The Morgan fingerprint density at radius 2 is 1.91 bits per heavy atom. The summed E-state index contributed by atoms with van der Waals surface area (Å²) in [5.74, 6) is -2.38. The van der Waals surface area contributed by atoms with Gasteiger partial charge in [-0.25, -0.2) is 0 Å². The number of benzene rings is 1. The average molecular weight is 458 g/mol. The zero-order valence-electron chi connectivity index (χ0n) is 20.3. The van der Waals surface area contributed by atoms with E-state index < -0.39 is 35.1 Å². The number of carbonyl (C=O) groups excluding carboxylic acids is 3. The van der Waals surface area contributed by atoms with Crippen molar-refractivity contribution in [3.8, 4) is 0 Å². The van der Waals surface area contributed by atoms with Crippen LogP contribution >= 0.6 is 0 Å². The number of amides is 3. The van der Waals surface area contributed by atoms with Crippen LogP contribution in [-0.2, 0) is 19.1 Å². The molecule has 3 amide bonds. The molecular formula is C25H35N3O5. The summed E-state index contributed by atoms with van der Waals surface area (Å²) in [5.41, 5.74) is 0.586. The number of para-hydroxylation sites is 1. The molecule has 3 N–H and O–H groups in total. The monoisotopic (exact) mass is 457 g/mol. The Kier molecular flexibility index (Phi) is 5.81. The van der Waals surface area contributed by atoms with Crippen LogP contribution in [0.3, 0.4) is 0 Å². The summed E-state index contributed by atoms with van der Waals surface area (Å²) in [4.78, 5) is 42.3. The first kappa shape index (κ1) is 23.7. The van der Waals surface area contributed by atoms with Crippen molar-refractivity contribution in [1.82, 2.24) is 10.2 Å². The molecule has 0 aliphatic carbocycles. The second-order valence-electron chi connectivity index (χ2n) is 10.1. The molecule has 3 saturated heterocycles. The lowest BCUT2D eigenvalue weighted by molar-refractivity contribution is -0.149. The number of aliphatic hydroxyl groups is 1. The molecule has 3 unspecified atom stereocenters. The molecule has 3 aliphatic rings. The molecular weight excluding hydrogens is 422 g/mol. The lowest BCUT2D eigenvalue weighted by Gasteiger charge is -2.36. The molecule has 8 nitrogen and oxygen atoms in total. The Labute approximate surface area is 195 Å². The van der Waals surface area contributed by atoms with Gasteiger partial charge in [-0.15, -0.1) is 0 Å². The van der Waals surface area contributed by atoms with Gasteiger partial charge in [0, 0.05) is 12.7 Å². The van der Waals surface area contributed by atoms with Crippen LogP contribution in [0.15, 0.2) is 18.2 Å². The number of hydrogen-bond donors (Lipinski definition) is 3. The van der Waals surface area contributed by atoms with Crippen LogP contribution < -0.4 is 10.6 Å². The number of aryl methyl sites for hydroxylation is 2. The first-order chi connectivity index (χ1) is 15.6. The zero-order chi connectivity index (χ0) is 24.3. The molecule has 3 heterocycles. The van der Waals surface area contributed by atoms with Crippen molar-refractivity contribution in [3.05, 3.63) is 29.3 Å². The number of ether oxygens (including phenoxy) is 1. The van der Waals surface area contributed by atoms with Crippen LogP contribution in [0, 0.1) is 31.6 Å². The Hall–Kier alpha value is -2.45. The zero-order valence-corrected chi connectivity index (χ0v) is 20.3. The minimum Gasteiger partial charge on any atom is -0.394 e. The van der Waals surface area contributed by atoms with Crippen molar-refractivity contribution in [3.63, 3.8) is 0 Å². The molecule has 33 heavy (non-hydrogen) atoms. The van der Waals surface area contributed by atoms with Crippen molar-refractivity contribution in [1.29, 1.82) is 0 Å². The van der Waals surface area contributed by atoms with E-state index in [0.29, 0.717) is 18.5 Å². The number of likely N-dealkylation sites (tertiary alicyclic amines) is 1. The predicted molar refractivity (Wildman–Crippen MR) is 123 cm³/mol. The van der Waals surface area contributed by atoms with Crippen molar-refractivity contribution in [2.45, 2.75) is 70.7 Å². The highest BCUT2D eigenvalue weighted by atomic mass is 16.5. The standard InChI is InChI=1S/C25H35N3O5/c1-7-16(12-29)28-20(22(31)27-19-13(2)9-8-10-14(19)3)25-11-15(4)24(5,33-25)17(21(30)26-6)18(25)23(28)32/h8-10,15-18,20,29H,7,11-12H2,1-6H3,(H,26,30)(H,27,31)/t15?,16-,17-,18-,20?,24+,25?/m0/s1. The van der Waals surface area contributed by atoms with E-state index in [0.717, 1.165) is 11.1 Å². The Morgan fingerprint density at radius 1 is 1.27 bits per heavy atom. The molecule has 1 aromatic carbocycles. The van der Waals surface area contributed by atoms with Gasteiger partial charge in [0.25, 0.3) is 0 Å². The van der Waals surface area contributed by atoms with Gasteiger partial charge in [0.15, 0.2) is 0 Å². The van der Waals surface area contributed by atoms with Gasteiger partial charge in [-0.05, 0) is 50.7 Å². The minimum atomic E-state index is -1.12. The molecule has 0 aromatic heterocycles. The van der Waals surface area contributed by atoms with Gasteiger partial charge in [-0.1, -0.05) is 32.0 Å². The molecule has 3 aliphatic heterocycles. The van der Waals surface area contributed by atoms with Crippen LogP contribution in [-0.4, -0.2) is 64.7 Å². The summed E-state index contributed by atoms with van der Waals surface area (Å²) in [5, 5.41) is 15.8. The first-order valence-corrected chi connectivity index (χ1v) is 11.8. The van der Waals surface area contributed by atoms with Gasteiger partial charge < -0.3 is 25.4 Å². The molecule has 3 fully saturated rings. The summed E-state index contributed by atoms with van der Waals surface area (Å²) < 4.78 is 6.63. The molecule has 0 radical (unpaired) electrons. The number of carbonyl (C=O) groups is 3. The number of nitrogens with one attached hydrogen (secondary N) is 2. The number of fused-ring (bicyclic) bond motifs is 1. The Balaban J connectivity index is 1.84. The molecule has 180 valence electrons. The maximum atomic E-state index is 13.9. The van der Waals surface area contributed by atoms with Crippen LogP contribution in [0.2, 0.25) is 0 Å². The molecule has 1 aromatic rings. The average Bonchev–Trinajstić information content (AvgIpc) is 3.28. The van der Waals surface area contributed by atoms with Crippen molar-refractivity contribution in [2.24, 2.45) is 17.8 Å². The molecule has 4 rings (SSSR count). The fourth-order valence-electron chi connectivity index (χ4n) is 6.54. The number of aliphatic hydroxyl groups excluding tert-OH is 1. The van der Waals surface area contributed by atoms with Crippen LogP contribution in [0.25, 0.3) is 0 Å². The normalized spacial score (nSPS) is 35.5. The van der Waals surface area contributed by atoms with Gasteiger partial charge in [0.2, 0.25) is 17.7 Å². The lowest BCUT2D eigenvalue weighted by atomic mass is 9.62. The summed E-state index contributed by atoms with van der Waals surface area (Å²) >= 11 is 0. The van der Waals surface area contributed by atoms with Crippen molar-refractivity contribution in [2.75, 3.05) is 19.0 Å². The summed E-state index contributed by atoms with van der Waals surface area (Å²) in [6, 6.07) is 4.29. The van der Waals surface area contributed by atoms with Gasteiger partial charge in [-0.3, -0.25) is 14.4 Å².